The van der Waals surface area contributed by atoms with Crippen LogP contribution in [-0.2, 0) is 14.3 Å². The molecular formula is C13H25NO4. The molecule has 0 radical (unpaired) electrons. The van der Waals surface area contributed by atoms with Crippen molar-refractivity contribution in [1.29, 1.82) is 0 Å². The zero-order chi connectivity index (χ0) is 14.6. The molecule has 0 aliphatic carbocycles. The molecule has 0 aliphatic heterocycles. The van der Waals surface area contributed by atoms with Gasteiger partial charge in [0, 0.05) is 12.0 Å². The van der Waals surface area contributed by atoms with Gasteiger partial charge in [0.1, 0.15) is 11.6 Å². The first-order valence-electron chi connectivity index (χ1n) is 6.13. The molecule has 0 aromatic rings. The van der Waals surface area contributed by atoms with Crippen molar-refractivity contribution in [3.8, 4) is 0 Å². The largest absolute Gasteiger partial charge is 0.481 e. The molecule has 0 aromatic heterocycles. The molecule has 0 fully saturated rings. The summed E-state index contributed by atoms with van der Waals surface area (Å²) < 4.78 is 5.28. The zero-order valence-corrected chi connectivity index (χ0v) is 12.2. The highest BCUT2D eigenvalue weighted by atomic mass is 16.6. The Morgan fingerprint density at radius 3 is 2.00 bits per heavy atom. The van der Waals surface area contributed by atoms with Gasteiger partial charge in [0.15, 0.2) is 0 Å². The highest BCUT2D eigenvalue weighted by Crippen LogP contribution is 2.13. The van der Waals surface area contributed by atoms with E-state index in [0.29, 0.717) is 0 Å². The summed E-state index contributed by atoms with van der Waals surface area (Å²) >= 11 is 0. The number of hydrogen-bond donors (Lipinski definition) is 2. The van der Waals surface area contributed by atoms with E-state index in [9.17, 15) is 9.59 Å². The Balaban J connectivity index is 4.64. The molecule has 0 aliphatic rings. The standard InChI is InChI=1S/C13H25NO4/c1-12(2,3)14-9(7-8-10(15)16)11(17)18-13(4,5)6/h9,14H,7-8H2,1-6H3,(H,15,16). The van der Waals surface area contributed by atoms with Crippen molar-refractivity contribution in [3.63, 3.8) is 0 Å². The van der Waals surface area contributed by atoms with Crippen LogP contribution in [0, 0.1) is 0 Å². The van der Waals surface area contributed by atoms with Crippen molar-refractivity contribution in [2.24, 2.45) is 0 Å². The number of carbonyl (C=O) groups is 2. The van der Waals surface area contributed by atoms with Crippen molar-refractivity contribution < 1.29 is 19.4 Å². The number of aliphatic carboxylic acids is 1. The number of carboxylic acids is 1. The van der Waals surface area contributed by atoms with Gasteiger partial charge in [-0.1, -0.05) is 0 Å². The average molecular weight is 259 g/mol. The highest BCUT2D eigenvalue weighted by Gasteiger charge is 2.28. The first-order valence-corrected chi connectivity index (χ1v) is 6.13. The lowest BCUT2D eigenvalue weighted by atomic mass is 10.0. The normalized spacial score (nSPS) is 14.1. The fraction of sp³-hybridized carbons (Fsp3) is 0.846. The van der Waals surface area contributed by atoms with Crippen molar-refractivity contribution in [3.05, 3.63) is 0 Å². The van der Waals surface area contributed by atoms with Crippen LogP contribution in [0.2, 0.25) is 0 Å². The van der Waals surface area contributed by atoms with E-state index in [4.69, 9.17) is 9.84 Å². The highest BCUT2D eigenvalue weighted by molar-refractivity contribution is 5.77. The number of ether oxygens (including phenoxy) is 1. The molecule has 1 atom stereocenters. The second kappa shape index (κ2) is 6.18. The van der Waals surface area contributed by atoms with Crippen molar-refractivity contribution in [2.45, 2.75) is 71.6 Å². The minimum Gasteiger partial charge on any atom is -0.481 e. The van der Waals surface area contributed by atoms with Gasteiger partial charge in [0.2, 0.25) is 0 Å². The third-order valence-corrected chi connectivity index (χ3v) is 1.95. The van der Waals surface area contributed by atoms with Crippen molar-refractivity contribution in [1.82, 2.24) is 5.32 Å². The third kappa shape index (κ3) is 8.98. The molecule has 0 heterocycles. The smallest absolute Gasteiger partial charge is 0.323 e. The van der Waals surface area contributed by atoms with E-state index in [1.165, 1.54) is 0 Å². The van der Waals surface area contributed by atoms with Crippen LogP contribution in [-0.4, -0.2) is 34.2 Å². The van der Waals surface area contributed by atoms with Crippen LogP contribution in [0.3, 0.4) is 0 Å². The van der Waals surface area contributed by atoms with Crippen LogP contribution in [0.5, 0.6) is 0 Å². The maximum atomic E-state index is 12.0. The minimum atomic E-state index is -0.917. The van der Waals surface area contributed by atoms with Crippen LogP contribution in [0.1, 0.15) is 54.4 Å². The van der Waals surface area contributed by atoms with E-state index in [1.807, 2.05) is 20.8 Å². The topological polar surface area (TPSA) is 75.6 Å². The maximum Gasteiger partial charge on any atom is 0.323 e. The summed E-state index contributed by atoms with van der Waals surface area (Å²) in [5.41, 5.74) is -0.849. The summed E-state index contributed by atoms with van der Waals surface area (Å²) in [5, 5.41) is 11.8. The van der Waals surface area contributed by atoms with Crippen molar-refractivity contribution in [2.75, 3.05) is 0 Å². The molecule has 1 unspecified atom stereocenters. The van der Waals surface area contributed by atoms with E-state index in [0.717, 1.165) is 0 Å². The first kappa shape index (κ1) is 16.9. The molecule has 0 saturated carbocycles. The Kier molecular flexibility index (Phi) is 5.80. The van der Waals surface area contributed by atoms with E-state index in [1.54, 1.807) is 20.8 Å². The lowest BCUT2D eigenvalue weighted by molar-refractivity contribution is -0.158. The van der Waals surface area contributed by atoms with Crippen LogP contribution >= 0.6 is 0 Å². The molecule has 2 N–H and O–H groups in total. The molecular weight excluding hydrogens is 234 g/mol. The monoisotopic (exact) mass is 259 g/mol. The van der Waals surface area contributed by atoms with E-state index in [-0.39, 0.29) is 18.4 Å². The van der Waals surface area contributed by atoms with Gasteiger partial charge in [-0.05, 0) is 48.0 Å². The molecule has 0 spiro atoms. The molecule has 5 nitrogen and oxygen atoms in total. The second-order valence-electron chi connectivity index (χ2n) is 6.41. The lowest BCUT2D eigenvalue weighted by Gasteiger charge is -2.29. The predicted molar refractivity (Wildman–Crippen MR) is 69.4 cm³/mol. The Bertz CT molecular complexity index is 299. The van der Waals surface area contributed by atoms with Gasteiger partial charge < -0.3 is 9.84 Å². The summed E-state index contributed by atoms with van der Waals surface area (Å²) in [5.74, 6) is -1.32. The van der Waals surface area contributed by atoms with Crippen LogP contribution in [0.4, 0.5) is 0 Å². The van der Waals surface area contributed by atoms with Gasteiger partial charge in [-0.25, -0.2) is 0 Å². The van der Waals surface area contributed by atoms with Crippen LogP contribution in [0.15, 0.2) is 0 Å². The van der Waals surface area contributed by atoms with E-state index < -0.39 is 23.6 Å². The minimum absolute atomic E-state index is 0.0625. The fourth-order valence-electron chi connectivity index (χ4n) is 1.41. The lowest BCUT2D eigenvalue weighted by Crippen LogP contribution is -2.49. The third-order valence-electron chi connectivity index (χ3n) is 1.95. The molecule has 0 amide bonds. The van der Waals surface area contributed by atoms with Crippen LogP contribution in [0.25, 0.3) is 0 Å². The van der Waals surface area contributed by atoms with Gasteiger partial charge in [0.05, 0.1) is 0 Å². The molecule has 0 rings (SSSR count). The summed E-state index contributed by atoms with van der Waals surface area (Å²) in [6.07, 6.45) is 0.161. The number of rotatable bonds is 5. The summed E-state index contributed by atoms with van der Waals surface area (Å²) in [6.45, 7) is 11.1. The van der Waals surface area contributed by atoms with Gasteiger partial charge in [-0.15, -0.1) is 0 Å². The maximum absolute atomic E-state index is 12.0. The van der Waals surface area contributed by atoms with Crippen molar-refractivity contribution >= 4 is 11.9 Å². The van der Waals surface area contributed by atoms with E-state index in [2.05, 4.69) is 5.32 Å². The number of carbonyl (C=O) groups excluding carboxylic acids is 1. The molecule has 0 bridgehead atoms. The second-order valence-corrected chi connectivity index (χ2v) is 6.41. The van der Waals surface area contributed by atoms with Gasteiger partial charge in [-0.3, -0.25) is 14.9 Å². The summed E-state index contributed by atoms with van der Waals surface area (Å²) in [4.78, 5) is 22.6. The Hall–Kier alpha value is -1.10. The SMILES string of the molecule is CC(C)(C)NC(CCC(=O)O)C(=O)OC(C)(C)C. The summed E-state index contributed by atoms with van der Waals surface area (Å²) in [7, 11) is 0. The Labute approximate surface area is 109 Å². The van der Waals surface area contributed by atoms with Crippen LogP contribution < -0.4 is 5.32 Å². The zero-order valence-electron chi connectivity index (χ0n) is 12.2. The predicted octanol–water partition coefficient (Wildman–Crippen LogP) is 1.95. The molecule has 0 aromatic carbocycles. The first-order chi connectivity index (χ1) is 7.91. The van der Waals surface area contributed by atoms with Gasteiger partial charge in [0.25, 0.3) is 0 Å². The summed E-state index contributed by atoms with van der Waals surface area (Å²) in [6, 6.07) is -0.597. The van der Waals surface area contributed by atoms with E-state index >= 15 is 0 Å². The number of carboxylic acid groups (broad SMARTS) is 1. The van der Waals surface area contributed by atoms with Gasteiger partial charge in [-0.2, -0.15) is 0 Å². The van der Waals surface area contributed by atoms with Gasteiger partial charge >= 0.3 is 11.9 Å². The quantitative estimate of drug-likeness (QED) is 0.738. The fourth-order valence-corrected chi connectivity index (χ4v) is 1.41. The molecule has 5 heteroatoms. The number of nitrogens with one attached hydrogen (secondary N) is 1. The Morgan fingerprint density at radius 2 is 1.67 bits per heavy atom. The molecule has 106 valence electrons. The number of hydrogen-bond acceptors (Lipinski definition) is 4. The molecule has 0 saturated heterocycles. The Morgan fingerprint density at radius 1 is 1.17 bits per heavy atom. The number of esters is 1. The average Bonchev–Trinajstić information content (AvgIpc) is 2.06. The molecule has 18 heavy (non-hydrogen) atoms.